The number of hydrogen-bond donors (Lipinski definition) is 1. The molecule has 1 fully saturated rings. The molecule has 2 aromatic rings. The molecule has 156 valence electrons. The summed E-state index contributed by atoms with van der Waals surface area (Å²) in [4.78, 5) is 4.79. The molecule has 5 heteroatoms. The first-order chi connectivity index (χ1) is 14.1. The monoisotopic (exact) mass is 398 g/mol. The fourth-order valence-electron chi connectivity index (χ4n) is 4.04. The summed E-state index contributed by atoms with van der Waals surface area (Å²) >= 11 is 0. The van der Waals surface area contributed by atoms with Crippen molar-refractivity contribution in [1.29, 1.82) is 0 Å². The molecule has 1 N–H and O–H groups in total. The van der Waals surface area contributed by atoms with Crippen molar-refractivity contribution < 1.29 is 14.2 Å². The molecule has 2 aromatic carbocycles. The molecule has 29 heavy (non-hydrogen) atoms. The van der Waals surface area contributed by atoms with E-state index in [0.717, 1.165) is 51.1 Å². The zero-order valence-electron chi connectivity index (χ0n) is 17.4. The number of allylic oxidation sites excluding steroid dienone is 2. The number of ether oxygens (including phenoxy) is 1. The van der Waals surface area contributed by atoms with E-state index in [1.807, 2.05) is 12.1 Å². The van der Waals surface area contributed by atoms with Gasteiger partial charge >= 0.3 is 0 Å². The number of methoxy groups -OCH3 is 1. The van der Waals surface area contributed by atoms with Crippen LogP contribution in [0.2, 0.25) is 0 Å². The van der Waals surface area contributed by atoms with Crippen molar-refractivity contribution >= 4 is 5.69 Å². The zero-order chi connectivity index (χ0) is 20.6. The maximum absolute atomic E-state index is 13.5. The smallest absolute Gasteiger partial charge is 0.145 e. The van der Waals surface area contributed by atoms with E-state index in [0.29, 0.717) is 17.5 Å². The van der Waals surface area contributed by atoms with Crippen LogP contribution < -0.4 is 9.64 Å². The van der Waals surface area contributed by atoms with Crippen LogP contribution in [0.5, 0.6) is 11.5 Å². The SMILES string of the molecule is CC=CCCCC(c1ccc(O)cc1)N1CCN(c2ccc(F)cc2OC)CC1. The normalized spacial score (nSPS) is 16.3. The fourth-order valence-corrected chi connectivity index (χ4v) is 4.04. The van der Waals surface area contributed by atoms with Crippen LogP contribution in [0.15, 0.2) is 54.6 Å². The highest BCUT2D eigenvalue weighted by Gasteiger charge is 2.26. The van der Waals surface area contributed by atoms with Crippen LogP contribution in [0.25, 0.3) is 0 Å². The Kier molecular flexibility index (Phi) is 7.53. The number of nitrogens with zero attached hydrogens (tertiary/aromatic N) is 2. The molecule has 1 aliphatic heterocycles. The molecule has 4 nitrogen and oxygen atoms in total. The highest BCUT2D eigenvalue weighted by molar-refractivity contribution is 5.59. The van der Waals surface area contributed by atoms with Crippen molar-refractivity contribution in [1.82, 2.24) is 4.90 Å². The van der Waals surface area contributed by atoms with Gasteiger partial charge in [0.05, 0.1) is 12.8 Å². The summed E-state index contributed by atoms with van der Waals surface area (Å²) in [5.74, 6) is 0.604. The van der Waals surface area contributed by atoms with Crippen molar-refractivity contribution in [3.63, 3.8) is 0 Å². The van der Waals surface area contributed by atoms with Gasteiger partial charge < -0.3 is 14.7 Å². The van der Waals surface area contributed by atoms with Gasteiger partial charge in [-0.1, -0.05) is 24.3 Å². The van der Waals surface area contributed by atoms with E-state index in [1.165, 1.54) is 17.7 Å². The van der Waals surface area contributed by atoms with Crippen LogP contribution in [-0.2, 0) is 0 Å². The van der Waals surface area contributed by atoms with E-state index >= 15 is 0 Å². The minimum absolute atomic E-state index is 0.280. The second-order valence-electron chi connectivity index (χ2n) is 7.45. The summed E-state index contributed by atoms with van der Waals surface area (Å²) in [5.41, 5.74) is 2.19. The summed E-state index contributed by atoms with van der Waals surface area (Å²) < 4.78 is 18.9. The Bertz CT molecular complexity index is 799. The average molecular weight is 399 g/mol. The minimum atomic E-state index is -0.280. The molecule has 0 aromatic heterocycles. The highest BCUT2D eigenvalue weighted by atomic mass is 19.1. The number of benzene rings is 2. The maximum atomic E-state index is 13.5. The van der Waals surface area contributed by atoms with Gasteiger partial charge in [0, 0.05) is 38.3 Å². The van der Waals surface area contributed by atoms with Gasteiger partial charge in [0.15, 0.2) is 0 Å². The number of halogens is 1. The molecule has 1 atom stereocenters. The molecule has 0 saturated carbocycles. The summed E-state index contributed by atoms with van der Waals surface area (Å²) in [6.45, 7) is 5.64. The van der Waals surface area contributed by atoms with Gasteiger partial charge in [-0.2, -0.15) is 0 Å². The third-order valence-electron chi connectivity index (χ3n) is 5.60. The van der Waals surface area contributed by atoms with Crippen molar-refractivity contribution in [3.8, 4) is 11.5 Å². The van der Waals surface area contributed by atoms with Crippen molar-refractivity contribution in [3.05, 3.63) is 66.0 Å². The number of piperazine rings is 1. The number of aromatic hydroxyl groups is 1. The molecular formula is C24H31FN2O2. The molecule has 1 unspecified atom stereocenters. The lowest BCUT2D eigenvalue weighted by atomic mass is 9.98. The van der Waals surface area contributed by atoms with E-state index in [9.17, 15) is 9.50 Å². The van der Waals surface area contributed by atoms with E-state index in [-0.39, 0.29) is 5.82 Å². The summed E-state index contributed by atoms with van der Waals surface area (Å²) in [6.07, 6.45) is 7.60. The van der Waals surface area contributed by atoms with Gasteiger partial charge in [-0.05, 0) is 56.0 Å². The lowest BCUT2D eigenvalue weighted by Gasteiger charge is -2.41. The van der Waals surface area contributed by atoms with Crippen LogP contribution in [0.4, 0.5) is 10.1 Å². The Morgan fingerprint density at radius 3 is 2.48 bits per heavy atom. The van der Waals surface area contributed by atoms with Crippen molar-refractivity contribution in [2.75, 3.05) is 38.2 Å². The quantitative estimate of drug-likeness (QED) is 0.493. The van der Waals surface area contributed by atoms with Gasteiger partial charge in [-0.15, -0.1) is 0 Å². The van der Waals surface area contributed by atoms with Crippen LogP contribution >= 0.6 is 0 Å². The Morgan fingerprint density at radius 1 is 1.10 bits per heavy atom. The van der Waals surface area contributed by atoms with Crippen molar-refractivity contribution in [2.24, 2.45) is 0 Å². The van der Waals surface area contributed by atoms with E-state index in [1.54, 1.807) is 25.3 Å². The molecular weight excluding hydrogens is 367 g/mol. The maximum Gasteiger partial charge on any atom is 0.145 e. The molecule has 0 radical (unpaired) electrons. The van der Waals surface area contributed by atoms with E-state index in [2.05, 4.69) is 28.9 Å². The number of anilines is 1. The summed E-state index contributed by atoms with van der Waals surface area (Å²) in [7, 11) is 1.58. The Balaban J connectivity index is 1.69. The zero-order valence-corrected chi connectivity index (χ0v) is 17.4. The van der Waals surface area contributed by atoms with Crippen LogP contribution in [0, 0.1) is 5.82 Å². The van der Waals surface area contributed by atoms with Crippen LogP contribution in [0.1, 0.15) is 37.8 Å². The third kappa shape index (κ3) is 5.51. The van der Waals surface area contributed by atoms with E-state index < -0.39 is 0 Å². The van der Waals surface area contributed by atoms with Gasteiger partial charge in [0.25, 0.3) is 0 Å². The first kappa shape index (κ1) is 21.2. The first-order valence-electron chi connectivity index (χ1n) is 10.3. The Labute approximate surface area is 173 Å². The second-order valence-corrected chi connectivity index (χ2v) is 7.45. The predicted octanol–water partition coefficient (Wildman–Crippen LogP) is 5.15. The second kappa shape index (κ2) is 10.3. The molecule has 1 heterocycles. The molecule has 0 aliphatic carbocycles. The van der Waals surface area contributed by atoms with Gasteiger partial charge in [-0.25, -0.2) is 4.39 Å². The van der Waals surface area contributed by atoms with Gasteiger partial charge in [-0.3, -0.25) is 4.90 Å². The van der Waals surface area contributed by atoms with E-state index in [4.69, 9.17) is 4.74 Å². The lowest BCUT2D eigenvalue weighted by Crippen LogP contribution is -2.47. The summed E-state index contributed by atoms with van der Waals surface area (Å²) in [6, 6.07) is 12.7. The molecule has 0 spiro atoms. The largest absolute Gasteiger partial charge is 0.508 e. The molecule has 1 saturated heterocycles. The van der Waals surface area contributed by atoms with Crippen LogP contribution in [-0.4, -0.2) is 43.3 Å². The van der Waals surface area contributed by atoms with Gasteiger partial charge in [0.1, 0.15) is 17.3 Å². The Hall–Kier alpha value is -2.53. The number of unbranched alkanes of at least 4 members (excludes halogenated alkanes) is 1. The average Bonchev–Trinajstić information content (AvgIpc) is 2.75. The van der Waals surface area contributed by atoms with Crippen LogP contribution in [0.3, 0.4) is 0 Å². The topological polar surface area (TPSA) is 35.9 Å². The molecule has 1 aliphatic rings. The number of rotatable bonds is 8. The summed E-state index contributed by atoms with van der Waals surface area (Å²) in [5, 5.41) is 9.66. The first-order valence-corrected chi connectivity index (χ1v) is 10.3. The number of hydrogen-bond acceptors (Lipinski definition) is 4. The number of phenolic OH excluding ortho intramolecular Hbond substituents is 1. The molecule has 0 amide bonds. The van der Waals surface area contributed by atoms with Crippen molar-refractivity contribution in [2.45, 2.75) is 32.2 Å². The number of phenols is 1. The lowest BCUT2D eigenvalue weighted by molar-refractivity contribution is 0.174. The standard InChI is InChI=1S/C24H31FN2O2/c1-3-4-5-6-7-22(19-8-11-21(28)12-9-19)26-14-16-27(17-15-26)23-13-10-20(25)18-24(23)29-2/h3-4,8-13,18,22,28H,5-7,14-17H2,1-2H3. The fraction of sp³-hybridized carbons (Fsp3) is 0.417. The molecule has 0 bridgehead atoms. The predicted molar refractivity (Wildman–Crippen MR) is 116 cm³/mol. The highest BCUT2D eigenvalue weighted by Crippen LogP contribution is 2.33. The molecule has 3 rings (SSSR count). The minimum Gasteiger partial charge on any atom is -0.508 e. The van der Waals surface area contributed by atoms with Gasteiger partial charge in [0.2, 0.25) is 0 Å². The third-order valence-corrected chi connectivity index (χ3v) is 5.60. The Morgan fingerprint density at radius 2 is 1.83 bits per heavy atom.